The minimum absolute atomic E-state index is 0.0506. The lowest BCUT2D eigenvalue weighted by molar-refractivity contribution is 0.578. The molecule has 1 aliphatic rings. The number of nitrogens with one attached hydrogen (secondary N) is 1. The molecule has 82 valence electrons. The van der Waals surface area contributed by atoms with Crippen molar-refractivity contribution in [1.29, 1.82) is 0 Å². The van der Waals surface area contributed by atoms with Crippen LogP contribution in [0.2, 0.25) is 0 Å². The van der Waals surface area contributed by atoms with Crippen LogP contribution in [-0.2, 0) is 10.0 Å². The molecule has 2 atom stereocenters. The van der Waals surface area contributed by atoms with Crippen molar-refractivity contribution in [2.75, 3.05) is 5.73 Å². The van der Waals surface area contributed by atoms with Gasteiger partial charge in [0.05, 0.1) is 5.69 Å². The molecule has 0 aromatic carbocycles. The topological polar surface area (TPSA) is 85.1 Å². The lowest BCUT2D eigenvalue weighted by Crippen LogP contribution is -2.27. The number of anilines is 1. The van der Waals surface area contributed by atoms with Crippen molar-refractivity contribution in [1.82, 2.24) is 9.71 Å². The van der Waals surface area contributed by atoms with E-state index in [1.165, 1.54) is 18.5 Å². The highest BCUT2D eigenvalue weighted by Crippen LogP contribution is 2.31. The lowest BCUT2D eigenvalue weighted by Gasteiger charge is -2.07. The summed E-state index contributed by atoms with van der Waals surface area (Å²) in [6.45, 7) is 2.00. The summed E-state index contributed by atoms with van der Waals surface area (Å²) in [4.78, 5) is 3.82. The van der Waals surface area contributed by atoms with E-state index >= 15 is 0 Å². The van der Waals surface area contributed by atoms with Crippen LogP contribution < -0.4 is 10.5 Å². The number of hydrogen-bond donors (Lipinski definition) is 2. The largest absolute Gasteiger partial charge is 0.398 e. The average Bonchev–Trinajstić information content (AvgIpc) is 2.81. The molecular formula is C9H13N3O2S. The third-order valence-electron chi connectivity index (χ3n) is 2.52. The maximum atomic E-state index is 11.8. The lowest BCUT2D eigenvalue weighted by atomic mass is 10.4. The van der Waals surface area contributed by atoms with Crippen molar-refractivity contribution in [3.63, 3.8) is 0 Å². The van der Waals surface area contributed by atoms with Crippen LogP contribution in [-0.4, -0.2) is 19.4 Å². The first kappa shape index (κ1) is 10.4. The second-order valence-electron chi connectivity index (χ2n) is 3.85. The molecule has 1 heterocycles. The van der Waals surface area contributed by atoms with E-state index in [9.17, 15) is 8.42 Å². The van der Waals surface area contributed by atoms with Gasteiger partial charge in [0, 0.05) is 18.4 Å². The molecule has 0 radical (unpaired) electrons. The number of nitrogen functional groups attached to an aromatic ring is 1. The Hall–Kier alpha value is -1.14. The fraction of sp³-hybridized carbons (Fsp3) is 0.444. The van der Waals surface area contributed by atoms with Crippen LogP contribution in [0.1, 0.15) is 13.3 Å². The van der Waals surface area contributed by atoms with Crippen LogP contribution in [0, 0.1) is 5.92 Å². The van der Waals surface area contributed by atoms with Gasteiger partial charge in [-0.25, -0.2) is 13.1 Å². The van der Waals surface area contributed by atoms with Crippen molar-refractivity contribution in [3.8, 4) is 0 Å². The second-order valence-corrected chi connectivity index (χ2v) is 5.54. The smallest absolute Gasteiger partial charge is 0.244 e. The van der Waals surface area contributed by atoms with Crippen molar-refractivity contribution in [3.05, 3.63) is 18.5 Å². The van der Waals surface area contributed by atoms with Gasteiger partial charge in [-0.2, -0.15) is 0 Å². The van der Waals surface area contributed by atoms with Gasteiger partial charge in [-0.15, -0.1) is 0 Å². The van der Waals surface area contributed by atoms with Crippen molar-refractivity contribution >= 4 is 15.7 Å². The van der Waals surface area contributed by atoms with E-state index in [0.717, 1.165) is 6.42 Å². The Morgan fingerprint density at radius 1 is 1.60 bits per heavy atom. The summed E-state index contributed by atoms with van der Waals surface area (Å²) in [6.07, 6.45) is 3.62. The fourth-order valence-electron chi connectivity index (χ4n) is 1.36. The molecule has 1 aromatic rings. The molecule has 1 saturated carbocycles. The number of nitrogens with two attached hydrogens (primary N) is 1. The quantitative estimate of drug-likeness (QED) is 0.780. The molecule has 0 saturated heterocycles. The molecule has 0 aliphatic heterocycles. The summed E-state index contributed by atoms with van der Waals surface area (Å²) in [7, 11) is -3.50. The summed E-state index contributed by atoms with van der Waals surface area (Å²) in [5.74, 6) is 0.415. The van der Waals surface area contributed by atoms with Gasteiger partial charge in [0.1, 0.15) is 4.90 Å². The Kier molecular flexibility index (Phi) is 2.40. The summed E-state index contributed by atoms with van der Waals surface area (Å²) in [5, 5.41) is 0. The van der Waals surface area contributed by atoms with Gasteiger partial charge in [0.15, 0.2) is 0 Å². The number of pyridine rings is 1. The minimum Gasteiger partial charge on any atom is -0.398 e. The molecule has 5 nitrogen and oxygen atoms in total. The first-order valence-electron chi connectivity index (χ1n) is 4.72. The molecule has 1 aromatic heterocycles. The van der Waals surface area contributed by atoms with E-state index in [1.807, 2.05) is 6.92 Å². The summed E-state index contributed by atoms with van der Waals surface area (Å²) in [6, 6.07) is 1.53. The zero-order valence-electron chi connectivity index (χ0n) is 8.34. The molecule has 0 bridgehead atoms. The minimum atomic E-state index is -3.50. The highest BCUT2D eigenvalue weighted by molar-refractivity contribution is 7.89. The van der Waals surface area contributed by atoms with Gasteiger partial charge in [-0.05, 0) is 18.4 Å². The average molecular weight is 227 g/mol. The van der Waals surface area contributed by atoms with E-state index in [1.54, 1.807) is 0 Å². The maximum Gasteiger partial charge on any atom is 0.244 e. The van der Waals surface area contributed by atoms with Gasteiger partial charge in [-0.1, -0.05) is 6.92 Å². The Morgan fingerprint density at radius 2 is 2.27 bits per heavy atom. The molecule has 6 heteroatoms. The number of sulfonamides is 1. The highest BCUT2D eigenvalue weighted by atomic mass is 32.2. The van der Waals surface area contributed by atoms with Crippen molar-refractivity contribution in [2.45, 2.75) is 24.3 Å². The van der Waals surface area contributed by atoms with Crippen LogP contribution in [0.5, 0.6) is 0 Å². The molecule has 0 spiro atoms. The SMILES string of the molecule is CC1CC1NS(=O)(=O)c1cnccc1N. The maximum absolute atomic E-state index is 11.8. The van der Waals surface area contributed by atoms with Gasteiger partial charge in [-0.3, -0.25) is 4.98 Å². The summed E-state index contributed by atoms with van der Waals surface area (Å²) >= 11 is 0. The van der Waals surface area contributed by atoms with Crippen LogP contribution in [0.25, 0.3) is 0 Å². The van der Waals surface area contributed by atoms with Crippen LogP contribution in [0.4, 0.5) is 5.69 Å². The number of nitrogens with zero attached hydrogens (tertiary/aromatic N) is 1. The first-order chi connectivity index (χ1) is 7.00. The molecule has 15 heavy (non-hydrogen) atoms. The van der Waals surface area contributed by atoms with Gasteiger partial charge in [0.25, 0.3) is 0 Å². The highest BCUT2D eigenvalue weighted by Gasteiger charge is 2.36. The Labute approximate surface area is 88.8 Å². The number of rotatable bonds is 3. The van der Waals surface area contributed by atoms with Crippen LogP contribution >= 0.6 is 0 Å². The van der Waals surface area contributed by atoms with Gasteiger partial charge in [0.2, 0.25) is 10.0 Å². The summed E-state index contributed by atoms with van der Waals surface area (Å²) in [5.41, 5.74) is 5.81. The molecule has 2 rings (SSSR count). The van der Waals surface area contributed by atoms with Gasteiger partial charge < -0.3 is 5.73 Å². The molecule has 1 aliphatic carbocycles. The van der Waals surface area contributed by atoms with E-state index < -0.39 is 10.0 Å². The predicted molar refractivity (Wildman–Crippen MR) is 56.5 cm³/mol. The number of aromatic nitrogens is 1. The first-order valence-corrected chi connectivity index (χ1v) is 6.21. The normalized spacial score (nSPS) is 25.1. The van der Waals surface area contributed by atoms with Gasteiger partial charge >= 0.3 is 0 Å². The van der Waals surface area contributed by atoms with Crippen LogP contribution in [0.3, 0.4) is 0 Å². The van der Waals surface area contributed by atoms with E-state index in [0.29, 0.717) is 5.92 Å². The van der Waals surface area contributed by atoms with E-state index in [2.05, 4.69) is 9.71 Å². The second kappa shape index (κ2) is 3.46. The third kappa shape index (κ3) is 2.10. The zero-order chi connectivity index (χ0) is 11.1. The Morgan fingerprint density at radius 3 is 2.80 bits per heavy atom. The van der Waals surface area contributed by atoms with Crippen molar-refractivity contribution in [2.24, 2.45) is 5.92 Å². The van der Waals surface area contributed by atoms with Crippen molar-refractivity contribution < 1.29 is 8.42 Å². The van der Waals surface area contributed by atoms with E-state index in [-0.39, 0.29) is 16.6 Å². The molecule has 0 amide bonds. The Bertz CT molecular complexity index is 472. The zero-order valence-corrected chi connectivity index (χ0v) is 9.16. The Balaban J connectivity index is 2.26. The van der Waals surface area contributed by atoms with E-state index in [4.69, 9.17) is 5.73 Å². The van der Waals surface area contributed by atoms with Crippen LogP contribution in [0.15, 0.2) is 23.4 Å². The number of hydrogen-bond acceptors (Lipinski definition) is 4. The monoisotopic (exact) mass is 227 g/mol. The predicted octanol–water partition coefficient (Wildman–Crippen LogP) is 0.350. The molecule has 3 N–H and O–H groups in total. The molecular weight excluding hydrogens is 214 g/mol. The fourth-order valence-corrected chi connectivity index (χ4v) is 2.80. The third-order valence-corrected chi connectivity index (χ3v) is 4.06. The molecule has 1 fully saturated rings. The molecule has 2 unspecified atom stereocenters. The standard InChI is InChI=1S/C9H13N3O2S/c1-6-4-8(6)12-15(13,14)9-5-11-3-2-7(9)10/h2-3,5-6,8,12H,4H2,1H3,(H2,10,11). The summed E-state index contributed by atoms with van der Waals surface area (Å²) < 4.78 is 26.2.